The van der Waals surface area contributed by atoms with E-state index in [-0.39, 0.29) is 5.41 Å². The largest absolute Gasteiger partial charge is 0.316 e. The average Bonchev–Trinajstić information content (AvgIpc) is 3.00. The van der Waals surface area contributed by atoms with Crippen LogP contribution in [0.25, 0.3) is 10.3 Å². The van der Waals surface area contributed by atoms with Gasteiger partial charge in [-0.05, 0) is 48.1 Å². The maximum atomic E-state index is 4.78. The molecule has 3 aromatic rings. The van der Waals surface area contributed by atoms with Gasteiger partial charge in [0.25, 0.3) is 0 Å². The molecule has 5 nitrogen and oxygen atoms in total. The van der Waals surface area contributed by atoms with E-state index in [4.69, 9.17) is 4.98 Å². The zero-order chi connectivity index (χ0) is 19.6. The lowest BCUT2D eigenvalue weighted by molar-refractivity contribution is 0.285. The molecule has 3 heterocycles. The molecule has 0 saturated heterocycles. The number of nitrogens with zero attached hydrogens (tertiary/aromatic N) is 3. The van der Waals surface area contributed by atoms with Crippen molar-refractivity contribution in [2.45, 2.75) is 60.0 Å². The van der Waals surface area contributed by atoms with Crippen LogP contribution in [0, 0.1) is 5.41 Å². The number of pyridine rings is 2. The minimum Gasteiger partial charge on any atom is -0.316 e. The molecule has 27 heavy (non-hydrogen) atoms. The Balaban J connectivity index is 1.82. The molecule has 0 fully saturated rings. The lowest BCUT2D eigenvalue weighted by Crippen LogP contribution is -2.37. The highest BCUT2D eigenvalue weighted by Crippen LogP contribution is 2.27. The summed E-state index contributed by atoms with van der Waals surface area (Å²) in [5.41, 5.74) is 3.44. The van der Waals surface area contributed by atoms with Gasteiger partial charge in [0.2, 0.25) is 0 Å². The summed E-state index contributed by atoms with van der Waals surface area (Å²) in [5, 5.41) is 7.83. The van der Waals surface area contributed by atoms with Gasteiger partial charge in [0.1, 0.15) is 16.2 Å². The topological polar surface area (TPSA) is 62.7 Å². The summed E-state index contributed by atoms with van der Waals surface area (Å²) in [6, 6.07) is 8.60. The van der Waals surface area contributed by atoms with Crippen molar-refractivity contribution in [2.24, 2.45) is 5.41 Å². The minimum absolute atomic E-state index is 0.225. The van der Waals surface area contributed by atoms with Gasteiger partial charge in [-0.1, -0.05) is 46.0 Å². The molecule has 0 spiro atoms. The van der Waals surface area contributed by atoms with Crippen molar-refractivity contribution in [3.63, 3.8) is 0 Å². The Kier molecular flexibility index (Phi) is 5.77. The molecule has 144 valence electrons. The van der Waals surface area contributed by atoms with Gasteiger partial charge in [-0.2, -0.15) is 0 Å². The van der Waals surface area contributed by atoms with E-state index in [9.17, 15) is 0 Å². The number of hydrogen-bond donors (Lipinski definition) is 2. The highest BCUT2D eigenvalue weighted by Gasteiger charge is 2.19. The van der Waals surface area contributed by atoms with E-state index < -0.39 is 0 Å². The number of thiazole rings is 1. The maximum Gasteiger partial charge on any atom is 0.190 e. The van der Waals surface area contributed by atoms with Crippen molar-refractivity contribution in [1.29, 1.82) is 0 Å². The standard InChI is InChI=1S/C21H29N5S/c1-13(2)17-10-15(12-23-14(3)21(4,5)6)11-18(24-17)26-20-25-16-8-7-9-22-19(16)27-20/h7-11,13-14,23H,12H2,1-6H3,(H,24,25,26)/t14-/m0/s1. The van der Waals surface area contributed by atoms with Crippen molar-refractivity contribution in [2.75, 3.05) is 5.32 Å². The van der Waals surface area contributed by atoms with E-state index in [2.05, 4.69) is 74.3 Å². The molecule has 0 amide bonds. The predicted molar refractivity (Wildman–Crippen MR) is 115 cm³/mol. The smallest absolute Gasteiger partial charge is 0.190 e. The summed E-state index contributed by atoms with van der Waals surface area (Å²) in [6.07, 6.45) is 1.79. The van der Waals surface area contributed by atoms with Crippen LogP contribution in [0.15, 0.2) is 30.5 Å². The van der Waals surface area contributed by atoms with Gasteiger partial charge in [-0.15, -0.1) is 0 Å². The molecule has 0 aliphatic carbocycles. The van der Waals surface area contributed by atoms with Gasteiger partial charge in [-0.25, -0.2) is 15.0 Å². The molecule has 0 aromatic carbocycles. The van der Waals surface area contributed by atoms with E-state index in [0.29, 0.717) is 12.0 Å². The van der Waals surface area contributed by atoms with Gasteiger partial charge in [-0.3, -0.25) is 0 Å². The number of nitrogens with one attached hydrogen (secondary N) is 2. The van der Waals surface area contributed by atoms with Crippen molar-refractivity contribution in [3.05, 3.63) is 41.7 Å². The molecule has 2 N–H and O–H groups in total. The third kappa shape index (κ3) is 5.02. The Morgan fingerprint density at radius 3 is 2.56 bits per heavy atom. The van der Waals surface area contributed by atoms with Gasteiger partial charge < -0.3 is 10.6 Å². The van der Waals surface area contributed by atoms with Crippen LogP contribution < -0.4 is 10.6 Å². The molecule has 1 atom stereocenters. The summed E-state index contributed by atoms with van der Waals surface area (Å²) in [7, 11) is 0. The quantitative estimate of drug-likeness (QED) is 0.590. The first-order valence-corrected chi connectivity index (χ1v) is 10.3. The molecular weight excluding hydrogens is 354 g/mol. The number of fused-ring (bicyclic) bond motifs is 1. The molecule has 3 aromatic heterocycles. The van der Waals surface area contributed by atoms with E-state index in [0.717, 1.165) is 33.5 Å². The average molecular weight is 384 g/mol. The van der Waals surface area contributed by atoms with Crippen LogP contribution in [0.2, 0.25) is 0 Å². The Hall–Kier alpha value is -2.05. The zero-order valence-corrected chi connectivity index (χ0v) is 17.8. The van der Waals surface area contributed by atoms with Crippen LogP contribution in [-0.2, 0) is 6.54 Å². The highest BCUT2D eigenvalue weighted by molar-refractivity contribution is 7.21. The monoisotopic (exact) mass is 383 g/mol. The van der Waals surface area contributed by atoms with E-state index in [1.807, 2.05) is 12.1 Å². The van der Waals surface area contributed by atoms with Crippen molar-refractivity contribution in [3.8, 4) is 0 Å². The lowest BCUT2D eigenvalue weighted by atomic mass is 9.88. The van der Waals surface area contributed by atoms with Crippen LogP contribution in [-0.4, -0.2) is 21.0 Å². The third-order valence-corrected chi connectivity index (χ3v) is 5.70. The number of hydrogen-bond acceptors (Lipinski definition) is 6. The third-order valence-electron chi connectivity index (χ3n) is 4.81. The van der Waals surface area contributed by atoms with Crippen LogP contribution >= 0.6 is 11.3 Å². The molecule has 6 heteroatoms. The van der Waals surface area contributed by atoms with Crippen LogP contribution in [0.5, 0.6) is 0 Å². The second kappa shape index (κ2) is 7.90. The first-order valence-electron chi connectivity index (χ1n) is 9.45. The fourth-order valence-corrected chi connectivity index (χ4v) is 3.40. The first-order chi connectivity index (χ1) is 12.7. The summed E-state index contributed by atoms with van der Waals surface area (Å²) in [4.78, 5) is 14.7. The molecule has 0 aliphatic rings. The Morgan fingerprint density at radius 2 is 1.89 bits per heavy atom. The normalized spacial score (nSPS) is 13.3. The maximum absolute atomic E-state index is 4.78. The summed E-state index contributed by atoms with van der Waals surface area (Å²) < 4.78 is 0. The number of anilines is 2. The SMILES string of the molecule is CC(C)c1cc(CN[C@@H](C)C(C)(C)C)cc(Nc2nc3cccnc3s2)n1. The van der Waals surface area contributed by atoms with Crippen LogP contribution in [0.1, 0.15) is 58.7 Å². The fraction of sp³-hybridized carbons (Fsp3) is 0.476. The lowest BCUT2D eigenvalue weighted by Gasteiger charge is -2.28. The zero-order valence-electron chi connectivity index (χ0n) is 17.0. The van der Waals surface area contributed by atoms with Gasteiger partial charge in [0.05, 0.1) is 0 Å². The Bertz CT molecular complexity index is 877. The van der Waals surface area contributed by atoms with E-state index in [1.54, 1.807) is 17.5 Å². The second-order valence-electron chi connectivity index (χ2n) is 8.38. The predicted octanol–water partition coefficient (Wildman–Crippen LogP) is 5.48. The molecule has 0 aliphatic heterocycles. The van der Waals surface area contributed by atoms with Crippen LogP contribution in [0.4, 0.5) is 10.9 Å². The first kappa shape index (κ1) is 19.7. The Labute approximate surface area is 165 Å². The number of aromatic nitrogens is 3. The van der Waals surface area contributed by atoms with Gasteiger partial charge in [0, 0.05) is 24.5 Å². The number of rotatable bonds is 6. The fourth-order valence-electron chi connectivity index (χ4n) is 2.58. The van der Waals surface area contributed by atoms with Crippen molar-refractivity contribution >= 4 is 32.6 Å². The van der Waals surface area contributed by atoms with E-state index in [1.165, 1.54) is 5.56 Å². The molecule has 3 rings (SSSR count). The minimum atomic E-state index is 0.225. The van der Waals surface area contributed by atoms with Crippen molar-refractivity contribution < 1.29 is 0 Å². The molecular formula is C21H29N5S. The van der Waals surface area contributed by atoms with Crippen molar-refractivity contribution in [1.82, 2.24) is 20.3 Å². The molecule has 0 unspecified atom stereocenters. The summed E-state index contributed by atoms with van der Waals surface area (Å²) >= 11 is 1.54. The molecule has 0 saturated carbocycles. The Morgan fingerprint density at radius 1 is 1.11 bits per heavy atom. The van der Waals surface area contributed by atoms with Crippen LogP contribution in [0.3, 0.4) is 0 Å². The second-order valence-corrected chi connectivity index (χ2v) is 9.36. The van der Waals surface area contributed by atoms with Gasteiger partial charge >= 0.3 is 0 Å². The molecule has 0 radical (unpaired) electrons. The molecule has 0 bridgehead atoms. The highest BCUT2D eigenvalue weighted by atomic mass is 32.1. The summed E-state index contributed by atoms with van der Waals surface area (Å²) in [5.74, 6) is 1.20. The van der Waals surface area contributed by atoms with E-state index >= 15 is 0 Å². The van der Waals surface area contributed by atoms with Gasteiger partial charge in [0.15, 0.2) is 5.13 Å². The summed E-state index contributed by atoms with van der Waals surface area (Å²) in [6.45, 7) is 14.2.